The summed E-state index contributed by atoms with van der Waals surface area (Å²) < 4.78 is 5.03. The Morgan fingerprint density at radius 2 is 2.36 bits per heavy atom. The summed E-state index contributed by atoms with van der Waals surface area (Å²) in [6.07, 6.45) is 0.881. The van der Waals surface area contributed by atoms with Crippen molar-refractivity contribution in [3.05, 3.63) is 0 Å². The summed E-state index contributed by atoms with van der Waals surface area (Å²) in [5.41, 5.74) is 0. The predicted molar refractivity (Wildman–Crippen MR) is 37.8 cm³/mol. The number of aliphatic hydroxyl groups excluding tert-OH is 1. The van der Waals surface area contributed by atoms with Gasteiger partial charge in [0, 0.05) is 12.3 Å². The molecule has 1 saturated heterocycles. The predicted octanol–water partition coefficient (Wildman–Crippen LogP) is 0.319. The van der Waals surface area contributed by atoms with E-state index in [2.05, 4.69) is 0 Å². The van der Waals surface area contributed by atoms with Crippen molar-refractivity contribution >= 4 is 5.97 Å². The smallest absolute Gasteiger partial charge is 0.306 e. The van der Waals surface area contributed by atoms with Gasteiger partial charge in [-0.3, -0.25) is 4.79 Å². The largest absolute Gasteiger partial charge is 0.462 e. The van der Waals surface area contributed by atoms with Gasteiger partial charge in [0.2, 0.25) is 0 Å². The average molecular weight is 156 g/mol. The SMILES string of the molecule is CC1[C@H](O)C[C@@H]2OC(=O)C[C@H]12. The molecule has 2 fully saturated rings. The van der Waals surface area contributed by atoms with Crippen molar-refractivity contribution in [2.45, 2.75) is 32.0 Å². The number of aliphatic hydroxyl groups is 1. The lowest BCUT2D eigenvalue weighted by atomic mass is 9.94. The fourth-order valence-corrected chi connectivity index (χ4v) is 2.11. The van der Waals surface area contributed by atoms with Crippen LogP contribution in [0.1, 0.15) is 19.8 Å². The van der Waals surface area contributed by atoms with Crippen LogP contribution in [0.2, 0.25) is 0 Å². The molecular formula is C8H12O3. The van der Waals surface area contributed by atoms with E-state index in [0.29, 0.717) is 12.8 Å². The fourth-order valence-electron chi connectivity index (χ4n) is 2.11. The van der Waals surface area contributed by atoms with Crippen LogP contribution < -0.4 is 0 Å². The number of ether oxygens (including phenoxy) is 1. The van der Waals surface area contributed by atoms with E-state index in [-0.39, 0.29) is 30.0 Å². The topological polar surface area (TPSA) is 46.5 Å². The Bertz CT molecular complexity index is 190. The van der Waals surface area contributed by atoms with Gasteiger partial charge in [0.15, 0.2) is 0 Å². The lowest BCUT2D eigenvalue weighted by molar-refractivity contribution is -0.141. The van der Waals surface area contributed by atoms with Gasteiger partial charge in [-0.1, -0.05) is 6.92 Å². The molecule has 1 unspecified atom stereocenters. The summed E-state index contributed by atoms with van der Waals surface area (Å²) in [5, 5.41) is 9.40. The van der Waals surface area contributed by atoms with Crippen LogP contribution in [0.3, 0.4) is 0 Å². The summed E-state index contributed by atoms with van der Waals surface area (Å²) in [4.78, 5) is 10.8. The van der Waals surface area contributed by atoms with Gasteiger partial charge < -0.3 is 9.84 Å². The Morgan fingerprint density at radius 3 is 3.00 bits per heavy atom. The molecule has 3 nitrogen and oxygen atoms in total. The van der Waals surface area contributed by atoms with Crippen LogP contribution in [0.25, 0.3) is 0 Å². The third kappa shape index (κ3) is 0.948. The zero-order valence-electron chi connectivity index (χ0n) is 6.49. The molecule has 4 atom stereocenters. The number of hydrogen-bond donors (Lipinski definition) is 1. The maximum atomic E-state index is 10.8. The second kappa shape index (κ2) is 2.21. The first-order valence-corrected chi connectivity index (χ1v) is 4.06. The zero-order valence-corrected chi connectivity index (χ0v) is 6.49. The van der Waals surface area contributed by atoms with Crippen LogP contribution in [-0.2, 0) is 9.53 Å². The standard InChI is InChI=1S/C8H12O3/c1-4-5-2-8(10)11-7(5)3-6(4)9/h4-7,9H,2-3H2,1H3/t4?,5-,6-,7+/m1/s1. The number of esters is 1. The van der Waals surface area contributed by atoms with E-state index in [1.807, 2.05) is 6.92 Å². The van der Waals surface area contributed by atoms with Crippen molar-refractivity contribution in [3.8, 4) is 0 Å². The van der Waals surface area contributed by atoms with E-state index in [0.717, 1.165) is 0 Å². The lowest BCUT2D eigenvalue weighted by Crippen LogP contribution is -2.15. The molecular weight excluding hydrogens is 144 g/mol. The summed E-state index contributed by atoms with van der Waals surface area (Å²) in [7, 11) is 0. The van der Waals surface area contributed by atoms with E-state index in [9.17, 15) is 9.90 Å². The van der Waals surface area contributed by atoms with Crippen LogP contribution in [0.15, 0.2) is 0 Å². The minimum atomic E-state index is -0.266. The first-order chi connectivity index (χ1) is 5.18. The van der Waals surface area contributed by atoms with Crippen LogP contribution in [0.4, 0.5) is 0 Å². The average Bonchev–Trinajstić information content (AvgIpc) is 2.37. The highest BCUT2D eigenvalue weighted by Gasteiger charge is 2.47. The molecule has 0 aromatic rings. The second-order valence-electron chi connectivity index (χ2n) is 3.56. The molecule has 3 heteroatoms. The Hall–Kier alpha value is -0.570. The van der Waals surface area contributed by atoms with Gasteiger partial charge >= 0.3 is 5.97 Å². The highest BCUT2D eigenvalue weighted by atomic mass is 16.6. The molecule has 0 bridgehead atoms. The molecule has 0 spiro atoms. The normalized spacial score (nSPS) is 49.1. The molecule has 2 aliphatic rings. The summed E-state index contributed by atoms with van der Waals surface area (Å²) >= 11 is 0. The van der Waals surface area contributed by atoms with Crippen LogP contribution in [0.5, 0.6) is 0 Å². The molecule has 2 rings (SSSR count). The first kappa shape index (κ1) is 7.10. The van der Waals surface area contributed by atoms with Gasteiger partial charge in [0.05, 0.1) is 12.5 Å². The van der Waals surface area contributed by atoms with Gasteiger partial charge in [-0.15, -0.1) is 0 Å². The monoisotopic (exact) mass is 156 g/mol. The van der Waals surface area contributed by atoms with Gasteiger partial charge in [-0.05, 0) is 5.92 Å². The van der Waals surface area contributed by atoms with Gasteiger partial charge in [-0.2, -0.15) is 0 Å². The van der Waals surface area contributed by atoms with Crippen molar-refractivity contribution in [2.24, 2.45) is 11.8 Å². The molecule has 1 heterocycles. The Labute approximate surface area is 65.4 Å². The van der Waals surface area contributed by atoms with E-state index in [1.165, 1.54) is 0 Å². The summed E-state index contributed by atoms with van der Waals surface area (Å²) in [6.45, 7) is 1.98. The number of carbonyl (C=O) groups is 1. The number of rotatable bonds is 0. The molecule has 0 radical (unpaired) electrons. The van der Waals surface area contributed by atoms with Crippen molar-refractivity contribution < 1.29 is 14.6 Å². The van der Waals surface area contributed by atoms with Crippen LogP contribution >= 0.6 is 0 Å². The molecule has 1 aliphatic heterocycles. The molecule has 0 aromatic carbocycles. The molecule has 0 aromatic heterocycles. The molecule has 1 aliphatic carbocycles. The van der Waals surface area contributed by atoms with E-state index < -0.39 is 0 Å². The van der Waals surface area contributed by atoms with Crippen molar-refractivity contribution in [3.63, 3.8) is 0 Å². The summed E-state index contributed by atoms with van der Waals surface area (Å²) in [5.74, 6) is 0.405. The number of fused-ring (bicyclic) bond motifs is 1. The molecule has 0 amide bonds. The van der Waals surface area contributed by atoms with E-state index in [4.69, 9.17) is 4.74 Å². The van der Waals surface area contributed by atoms with Gasteiger partial charge in [0.25, 0.3) is 0 Å². The fraction of sp³-hybridized carbons (Fsp3) is 0.875. The Balaban J connectivity index is 2.13. The zero-order chi connectivity index (χ0) is 8.01. The van der Waals surface area contributed by atoms with Gasteiger partial charge in [0.1, 0.15) is 6.10 Å². The third-order valence-corrected chi connectivity index (χ3v) is 2.92. The Morgan fingerprint density at radius 1 is 1.64 bits per heavy atom. The molecule has 1 N–H and O–H groups in total. The van der Waals surface area contributed by atoms with E-state index >= 15 is 0 Å². The minimum Gasteiger partial charge on any atom is -0.462 e. The quantitative estimate of drug-likeness (QED) is 0.514. The highest BCUT2D eigenvalue weighted by Crippen LogP contribution is 2.40. The van der Waals surface area contributed by atoms with Crippen molar-refractivity contribution in [1.29, 1.82) is 0 Å². The number of hydrogen-bond acceptors (Lipinski definition) is 3. The molecule has 11 heavy (non-hydrogen) atoms. The summed E-state index contributed by atoms with van der Waals surface area (Å²) in [6, 6.07) is 0. The first-order valence-electron chi connectivity index (χ1n) is 4.06. The molecule has 1 saturated carbocycles. The maximum Gasteiger partial charge on any atom is 0.306 e. The number of carbonyl (C=O) groups excluding carboxylic acids is 1. The van der Waals surface area contributed by atoms with Gasteiger partial charge in [-0.25, -0.2) is 0 Å². The van der Waals surface area contributed by atoms with Crippen LogP contribution in [0, 0.1) is 11.8 Å². The maximum absolute atomic E-state index is 10.8. The molecule has 62 valence electrons. The lowest BCUT2D eigenvalue weighted by Gasteiger charge is -2.11. The third-order valence-electron chi connectivity index (χ3n) is 2.92. The van der Waals surface area contributed by atoms with Crippen molar-refractivity contribution in [2.75, 3.05) is 0 Å². The Kier molecular flexibility index (Phi) is 1.42. The van der Waals surface area contributed by atoms with E-state index in [1.54, 1.807) is 0 Å². The minimum absolute atomic E-state index is 0.00694. The second-order valence-corrected chi connectivity index (χ2v) is 3.56. The highest BCUT2D eigenvalue weighted by molar-refractivity contribution is 5.72. The van der Waals surface area contributed by atoms with Crippen LogP contribution in [-0.4, -0.2) is 23.3 Å². The van der Waals surface area contributed by atoms with Crippen molar-refractivity contribution in [1.82, 2.24) is 0 Å².